The van der Waals surface area contributed by atoms with E-state index in [9.17, 15) is 5.26 Å². The van der Waals surface area contributed by atoms with Gasteiger partial charge in [0.2, 0.25) is 0 Å². The molecule has 0 amide bonds. The molecule has 0 spiro atoms. The lowest BCUT2D eigenvalue weighted by molar-refractivity contribution is 0.938. The molecule has 434 valence electrons. The molecule has 1 aliphatic carbocycles. The highest BCUT2D eigenvalue weighted by Gasteiger charge is 2.43. The largest absolute Gasteiger partial charge is 0.309 e. The average molecular weight is 1190 g/mol. The summed E-state index contributed by atoms with van der Waals surface area (Å²) in [5, 5.41) is 22.6. The predicted molar refractivity (Wildman–Crippen MR) is 387 cm³/mol. The predicted octanol–water partition coefficient (Wildman–Crippen LogP) is 22.4. The van der Waals surface area contributed by atoms with Gasteiger partial charge in [-0.25, -0.2) is 4.85 Å². The van der Waals surface area contributed by atoms with E-state index >= 15 is 0 Å². The number of rotatable bonds is 7. The van der Waals surface area contributed by atoms with Gasteiger partial charge in [0.1, 0.15) is 0 Å². The van der Waals surface area contributed by atoms with Crippen molar-refractivity contribution >= 4 is 115 Å². The first kappa shape index (κ1) is 51.9. The van der Waals surface area contributed by atoms with Crippen molar-refractivity contribution in [2.75, 3.05) is 0 Å². The Balaban J connectivity index is 1.17. The van der Waals surface area contributed by atoms with Crippen LogP contribution in [0.1, 0.15) is 28.2 Å². The van der Waals surface area contributed by atoms with Crippen LogP contribution in [0.5, 0.6) is 0 Å². The summed E-state index contributed by atoms with van der Waals surface area (Å²) in [7, 11) is 0. The molecule has 0 fully saturated rings. The van der Waals surface area contributed by atoms with Gasteiger partial charge in [0.15, 0.2) is 5.69 Å². The second-order valence-corrected chi connectivity index (χ2v) is 24.8. The van der Waals surface area contributed by atoms with E-state index < -0.39 is 5.92 Å². The number of hydrogen-bond donors (Lipinski definition) is 0. The van der Waals surface area contributed by atoms with Crippen LogP contribution in [-0.2, 0) is 0 Å². The Labute approximate surface area is 539 Å². The summed E-state index contributed by atoms with van der Waals surface area (Å²) in [5.41, 5.74) is 23.4. The minimum atomic E-state index is -0.494. The van der Waals surface area contributed by atoms with Crippen molar-refractivity contribution in [1.82, 2.24) is 22.8 Å². The van der Waals surface area contributed by atoms with E-state index in [4.69, 9.17) is 6.57 Å². The molecule has 19 aromatic rings. The van der Waals surface area contributed by atoms with Gasteiger partial charge in [0, 0.05) is 82.2 Å². The summed E-state index contributed by atoms with van der Waals surface area (Å²) in [5.74, 6) is -0.494. The standard InChI is InChI=1S/C87H51N7/c1-89-55-50-53(52-88)49-54(51-55)79-84(91-69-38-16-7-28-58(69)59-29-8-17-39-70(59)91)86(93-73-42-20-11-32-62(73)63-33-12-21-43-74(63)93)83(82-66-36-6-5-27-57(66)67-47-48-78-80(81(67)82)68-37-15-24-46-77(68)90(78)56-25-3-2-4-26-56)87(94-75-44-22-13-34-64(75)65-35-14-23-45-76(65)94)85(79)92-71-40-18-9-30-60(71)61-31-10-19-41-72(61)92/h2-51,82H. The number of hydrogen-bond acceptors (Lipinski definition) is 1. The number of aromatic nitrogens is 5. The second-order valence-electron chi connectivity index (χ2n) is 24.8. The minimum Gasteiger partial charge on any atom is -0.309 e. The van der Waals surface area contributed by atoms with Crippen LogP contribution < -0.4 is 0 Å². The summed E-state index contributed by atoms with van der Waals surface area (Å²) in [4.78, 5) is 4.24. The zero-order chi connectivity index (χ0) is 61.9. The van der Waals surface area contributed by atoms with Crippen molar-refractivity contribution in [3.63, 3.8) is 0 Å². The van der Waals surface area contributed by atoms with Crippen LogP contribution >= 0.6 is 0 Å². The lowest BCUT2D eigenvalue weighted by Gasteiger charge is -2.34. The van der Waals surface area contributed by atoms with E-state index in [1.54, 1.807) is 6.07 Å². The van der Waals surface area contributed by atoms with Gasteiger partial charge < -0.3 is 22.8 Å². The number of fused-ring (bicyclic) bond motifs is 19. The zero-order valence-corrected chi connectivity index (χ0v) is 50.6. The molecule has 0 N–H and O–H groups in total. The van der Waals surface area contributed by atoms with Crippen LogP contribution in [0, 0.1) is 17.9 Å². The SMILES string of the molecule is [C-]#[N+]c1cc(C#N)cc(-c2c(-n3c4ccccc4c4ccccc43)c(-n3c4ccccc4c4ccccc43)c(C3c4ccccc4-c4ccc5c(c43)c3ccccc3n5-c3ccccc3)c(-n3c4ccccc4c4ccccc43)c2-n2c3ccccc3c3ccccc32)c1. The van der Waals surface area contributed by atoms with Crippen molar-refractivity contribution in [3.05, 3.63) is 337 Å². The highest BCUT2D eigenvalue weighted by atomic mass is 15.1. The summed E-state index contributed by atoms with van der Waals surface area (Å²) in [6.07, 6.45) is 0. The molecule has 20 rings (SSSR count). The molecule has 5 heterocycles. The van der Waals surface area contributed by atoms with E-state index in [-0.39, 0.29) is 0 Å². The first-order chi connectivity index (χ1) is 46.6. The molecule has 94 heavy (non-hydrogen) atoms. The highest BCUT2D eigenvalue weighted by Crippen LogP contribution is 2.60. The maximum absolute atomic E-state index is 11.4. The summed E-state index contributed by atoms with van der Waals surface area (Å²) in [6.45, 7) is 8.93. The van der Waals surface area contributed by atoms with Crippen molar-refractivity contribution in [2.45, 2.75) is 5.92 Å². The van der Waals surface area contributed by atoms with Crippen LogP contribution in [0.15, 0.2) is 303 Å². The maximum Gasteiger partial charge on any atom is 0.189 e. The third-order valence-electron chi connectivity index (χ3n) is 20.1. The van der Waals surface area contributed by atoms with Crippen molar-refractivity contribution in [1.29, 1.82) is 5.26 Å². The summed E-state index contributed by atoms with van der Waals surface area (Å²) in [6, 6.07) is 113. The lowest BCUT2D eigenvalue weighted by Crippen LogP contribution is -2.20. The van der Waals surface area contributed by atoms with Gasteiger partial charge in [-0.15, -0.1) is 0 Å². The fourth-order valence-corrected chi connectivity index (χ4v) is 16.6. The van der Waals surface area contributed by atoms with Crippen LogP contribution in [0.3, 0.4) is 0 Å². The van der Waals surface area contributed by atoms with Crippen LogP contribution in [0.25, 0.3) is 165 Å². The summed E-state index contributed by atoms with van der Waals surface area (Å²) < 4.78 is 12.7. The average Bonchev–Trinajstić information content (AvgIpc) is 1.40. The molecular formula is C87H51N7. The van der Waals surface area contributed by atoms with Gasteiger partial charge in [0.05, 0.1) is 90.6 Å². The number of benzene rings is 14. The monoisotopic (exact) mass is 1190 g/mol. The van der Waals surface area contributed by atoms with Crippen molar-refractivity contribution in [3.8, 4) is 56.8 Å². The van der Waals surface area contributed by atoms with Gasteiger partial charge in [-0.05, 0) is 119 Å². The van der Waals surface area contributed by atoms with Crippen molar-refractivity contribution < 1.29 is 0 Å². The highest BCUT2D eigenvalue weighted by molar-refractivity contribution is 6.19. The third-order valence-corrected chi connectivity index (χ3v) is 20.1. The van der Waals surface area contributed by atoms with Gasteiger partial charge in [-0.1, -0.05) is 212 Å². The molecule has 0 aliphatic heterocycles. The number of nitriles is 1. The molecular weight excluding hydrogens is 1140 g/mol. The first-order valence-electron chi connectivity index (χ1n) is 32.0. The molecule has 1 aliphatic rings. The molecule has 1 unspecified atom stereocenters. The fraction of sp³-hybridized carbons (Fsp3) is 0.0115. The molecule has 14 aromatic carbocycles. The minimum absolute atomic E-state index is 0.368. The molecule has 5 aromatic heterocycles. The van der Waals surface area contributed by atoms with E-state index in [1.165, 1.54) is 27.6 Å². The number of nitrogens with zero attached hydrogens (tertiary/aromatic N) is 7. The van der Waals surface area contributed by atoms with Crippen LogP contribution in [0.2, 0.25) is 0 Å². The fourth-order valence-electron chi connectivity index (χ4n) is 16.6. The Kier molecular flexibility index (Phi) is 10.9. The van der Waals surface area contributed by atoms with E-state index in [0.29, 0.717) is 11.3 Å². The molecule has 0 radical (unpaired) electrons. The van der Waals surface area contributed by atoms with E-state index in [1.807, 2.05) is 12.1 Å². The Morgan fingerprint density at radius 1 is 0.309 bits per heavy atom. The second kappa shape index (κ2) is 19.8. The van der Waals surface area contributed by atoms with Gasteiger partial charge in [-0.3, -0.25) is 0 Å². The lowest BCUT2D eigenvalue weighted by atomic mass is 9.81. The molecule has 0 bridgehead atoms. The molecule has 7 heteroatoms. The Morgan fingerprint density at radius 2 is 0.670 bits per heavy atom. The van der Waals surface area contributed by atoms with Crippen LogP contribution in [0.4, 0.5) is 5.69 Å². The zero-order valence-electron chi connectivity index (χ0n) is 50.6. The molecule has 0 saturated carbocycles. The normalized spacial score (nSPS) is 13.0. The molecule has 0 saturated heterocycles. The Hall–Kier alpha value is -12.9. The Morgan fingerprint density at radius 3 is 1.09 bits per heavy atom. The topological polar surface area (TPSA) is 52.8 Å². The van der Waals surface area contributed by atoms with Crippen molar-refractivity contribution in [2.24, 2.45) is 0 Å². The molecule has 1 atom stereocenters. The van der Waals surface area contributed by atoms with E-state index in [0.717, 1.165) is 149 Å². The maximum atomic E-state index is 11.4. The molecule has 7 nitrogen and oxygen atoms in total. The summed E-state index contributed by atoms with van der Waals surface area (Å²) >= 11 is 0. The van der Waals surface area contributed by atoms with Gasteiger partial charge >= 0.3 is 0 Å². The number of para-hydroxylation sites is 10. The quantitative estimate of drug-likeness (QED) is 0.147. The first-order valence-corrected chi connectivity index (χ1v) is 32.0. The smallest absolute Gasteiger partial charge is 0.189 e. The van der Waals surface area contributed by atoms with Crippen LogP contribution in [-0.4, -0.2) is 22.8 Å². The third kappa shape index (κ3) is 7.01. The van der Waals surface area contributed by atoms with E-state index in [2.05, 4.69) is 319 Å². The Bertz CT molecular complexity index is 6090. The van der Waals surface area contributed by atoms with Gasteiger partial charge in [-0.2, -0.15) is 5.26 Å². The van der Waals surface area contributed by atoms with Gasteiger partial charge in [0.25, 0.3) is 0 Å².